The topological polar surface area (TPSA) is 33.6 Å². The Hall–Kier alpha value is -2.49. The molecule has 0 atom stereocenters. The van der Waals surface area contributed by atoms with E-state index < -0.39 is 0 Å². The summed E-state index contributed by atoms with van der Waals surface area (Å²) < 4.78 is 5.84. The SMILES string of the molecule is Cc1ccccc1COc1ccc(C=NNc2ccc(Cl)c(Cl)c2)cc1. The van der Waals surface area contributed by atoms with Crippen LogP contribution in [-0.2, 0) is 6.61 Å². The van der Waals surface area contributed by atoms with Gasteiger partial charge < -0.3 is 4.74 Å². The quantitative estimate of drug-likeness (QED) is 0.398. The molecular formula is C21H18Cl2N2O. The summed E-state index contributed by atoms with van der Waals surface area (Å²) in [5.74, 6) is 0.822. The number of benzene rings is 3. The molecule has 0 aliphatic rings. The van der Waals surface area contributed by atoms with Crippen molar-refractivity contribution in [1.29, 1.82) is 0 Å². The minimum atomic E-state index is 0.488. The molecule has 0 aliphatic carbocycles. The van der Waals surface area contributed by atoms with E-state index in [1.54, 1.807) is 18.3 Å². The lowest BCUT2D eigenvalue weighted by Crippen LogP contribution is -1.97. The monoisotopic (exact) mass is 384 g/mol. The van der Waals surface area contributed by atoms with Gasteiger partial charge in [-0.3, -0.25) is 5.43 Å². The fourth-order valence-corrected chi connectivity index (χ4v) is 2.63. The molecule has 3 rings (SSSR count). The molecule has 5 heteroatoms. The summed E-state index contributed by atoms with van der Waals surface area (Å²) in [7, 11) is 0. The molecule has 1 N–H and O–H groups in total. The number of ether oxygens (including phenoxy) is 1. The molecule has 0 saturated heterocycles. The molecular weight excluding hydrogens is 367 g/mol. The molecule has 3 nitrogen and oxygen atoms in total. The summed E-state index contributed by atoms with van der Waals surface area (Å²) in [6.45, 7) is 2.64. The highest BCUT2D eigenvalue weighted by Crippen LogP contribution is 2.25. The maximum atomic E-state index is 5.97. The lowest BCUT2D eigenvalue weighted by molar-refractivity contribution is 0.305. The Morgan fingerprint density at radius 1 is 0.962 bits per heavy atom. The third-order valence-electron chi connectivity index (χ3n) is 3.86. The van der Waals surface area contributed by atoms with Crippen molar-refractivity contribution in [2.75, 3.05) is 5.43 Å². The number of anilines is 1. The second-order valence-corrected chi connectivity index (χ2v) is 6.60. The van der Waals surface area contributed by atoms with Crippen LogP contribution in [0.3, 0.4) is 0 Å². The van der Waals surface area contributed by atoms with Gasteiger partial charge in [0.2, 0.25) is 0 Å². The van der Waals surface area contributed by atoms with Crippen LogP contribution in [0.15, 0.2) is 71.8 Å². The zero-order valence-corrected chi connectivity index (χ0v) is 15.8. The van der Waals surface area contributed by atoms with Crippen LogP contribution in [0.1, 0.15) is 16.7 Å². The molecule has 0 spiro atoms. The number of halogens is 2. The normalized spacial score (nSPS) is 10.9. The average Bonchev–Trinajstić information content (AvgIpc) is 2.65. The average molecular weight is 385 g/mol. The molecule has 0 radical (unpaired) electrons. The van der Waals surface area contributed by atoms with Gasteiger partial charge in [0.05, 0.1) is 21.9 Å². The maximum absolute atomic E-state index is 5.97. The van der Waals surface area contributed by atoms with Gasteiger partial charge in [0.15, 0.2) is 0 Å². The second-order valence-electron chi connectivity index (χ2n) is 5.78. The first-order chi connectivity index (χ1) is 12.6. The number of rotatable bonds is 6. The van der Waals surface area contributed by atoms with Crippen LogP contribution in [0.2, 0.25) is 10.0 Å². The molecule has 26 heavy (non-hydrogen) atoms. The lowest BCUT2D eigenvalue weighted by Gasteiger charge is -2.08. The summed E-state index contributed by atoms with van der Waals surface area (Å²) in [5.41, 5.74) is 7.07. The fourth-order valence-electron chi connectivity index (χ4n) is 2.33. The molecule has 132 valence electrons. The summed E-state index contributed by atoms with van der Waals surface area (Å²) in [6, 6.07) is 21.2. The molecule has 0 aromatic heterocycles. The number of hydrazone groups is 1. The first-order valence-corrected chi connectivity index (χ1v) is 8.89. The Kier molecular flexibility index (Phi) is 6.16. The largest absolute Gasteiger partial charge is 0.489 e. The van der Waals surface area contributed by atoms with Crippen molar-refractivity contribution in [2.24, 2.45) is 5.10 Å². The lowest BCUT2D eigenvalue weighted by atomic mass is 10.1. The van der Waals surface area contributed by atoms with E-state index in [2.05, 4.69) is 29.6 Å². The summed E-state index contributed by atoms with van der Waals surface area (Å²) in [4.78, 5) is 0. The van der Waals surface area contributed by atoms with Crippen LogP contribution < -0.4 is 10.2 Å². The highest BCUT2D eigenvalue weighted by atomic mass is 35.5. The number of aryl methyl sites for hydroxylation is 1. The molecule has 0 bridgehead atoms. The third-order valence-corrected chi connectivity index (χ3v) is 4.60. The Balaban J connectivity index is 1.55. The first kappa shape index (κ1) is 18.3. The summed E-state index contributed by atoms with van der Waals surface area (Å²) in [6.07, 6.45) is 1.73. The van der Waals surface area contributed by atoms with Gasteiger partial charge in [0, 0.05) is 0 Å². The van der Waals surface area contributed by atoms with E-state index in [-0.39, 0.29) is 0 Å². The molecule has 3 aromatic carbocycles. The maximum Gasteiger partial charge on any atom is 0.119 e. The standard InChI is InChI=1S/C21H18Cl2N2O/c1-15-4-2-3-5-17(15)14-26-19-9-6-16(7-10-19)13-24-25-18-8-11-20(22)21(23)12-18/h2-13,25H,14H2,1H3. The fraction of sp³-hybridized carbons (Fsp3) is 0.0952. The first-order valence-electron chi connectivity index (χ1n) is 8.13. The van der Waals surface area contributed by atoms with Crippen molar-refractivity contribution in [3.63, 3.8) is 0 Å². The Morgan fingerprint density at radius 2 is 1.73 bits per heavy atom. The van der Waals surface area contributed by atoms with E-state index in [1.807, 2.05) is 42.5 Å². The van der Waals surface area contributed by atoms with E-state index in [1.165, 1.54) is 11.1 Å². The highest BCUT2D eigenvalue weighted by Gasteiger charge is 2.00. The van der Waals surface area contributed by atoms with Crippen molar-refractivity contribution in [3.05, 3.63) is 93.5 Å². The van der Waals surface area contributed by atoms with E-state index in [9.17, 15) is 0 Å². The number of hydrogen-bond acceptors (Lipinski definition) is 3. The van der Waals surface area contributed by atoms with Crippen LogP contribution >= 0.6 is 23.2 Å². The van der Waals surface area contributed by atoms with Crippen LogP contribution in [0.4, 0.5) is 5.69 Å². The molecule has 0 aliphatic heterocycles. The van der Waals surface area contributed by atoms with Gasteiger partial charge in [-0.25, -0.2) is 0 Å². The molecule has 0 amide bonds. The third kappa shape index (κ3) is 5.01. The molecule has 0 unspecified atom stereocenters. The predicted octanol–water partition coefficient (Wildman–Crippen LogP) is 6.33. The van der Waals surface area contributed by atoms with E-state index in [4.69, 9.17) is 27.9 Å². The van der Waals surface area contributed by atoms with Gasteiger partial charge in [0.1, 0.15) is 12.4 Å². The highest BCUT2D eigenvalue weighted by molar-refractivity contribution is 6.42. The molecule has 0 fully saturated rings. The molecule has 0 saturated carbocycles. The molecule has 0 heterocycles. The van der Waals surface area contributed by atoms with Crippen molar-refractivity contribution < 1.29 is 4.74 Å². The van der Waals surface area contributed by atoms with Gasteiger partial charge in [-0.2, -0.15) is 5.10 Å². The van der Waals surface area contributed by atoms with Gasteiger partial charge in [-0.15, -0.1) is 0 Å². The van der Waals surface area contributed by atoms with Gasteiger partial charge >= 0.3 is 0 Å². The van der Waals surface area contributed by atoms with E-state index in [0.717, 1.165) is 17.0 Å². The van der Waals surface area contributed by atoms with Crippen LogP contribution in [0, 0.1) is 6.92 Å². The van der Waals surface area contributed by atoms with Crippen LogP contribution in [0.25, 0.3) is 0 Å². The number of nitrogens with one attached hydrogen (secondary N) is 1. The van der Waals surface area contributed by atoms with Crippen LogP contribution in [0.5, 0.6) is 5.75 Å². The van der Waals surface area contributed by atoms with Crippen molar-refractivity contribution >= 4 is 35.1 Å². The van der Waals surface area contributed by atoms with Crippen molar-refractivity contribution in [3.8, 4) is 5.75 Å². The Bertz CT molecular complexity index is 908. The van der Waals surface area contributed by atoms with Crippen molar-refractivity contribution in [1.82, 2.24) is 0 Å². The van der Waals surface area contributed by atoms with Gasteiger partial charge in [0.25, 0.3) is 0 Å². The minimum Gasteiger partial charge on any atom is -0.489 e. The Labute approximate surface area is 163 Å². The summed E-state index contributed by atoms with van der Waals surface area (Å²) >= 11 is 11.9. The summed E-state index contributed by atoms with van der Waals surface area (Å²) in [5, 5.41) is 5.20. The zero-order chi connectivity index (χ0) is 18.4. The minimum absolute atomic E-state index is 0.488. The smallest absolute Gasteiger partial charge is 0.119 e. The molecule has 3 aromatic rings. The van der Waals surface area contributed by atoms with Crippen molar-refractivity contribution in [2.45, 2.75) is 13.5 Å². The van der Waals surface area contributed by atoms with Crippen LogP contribution in [-0.4, -0.2) is 6.21 Å². The Morgan fingerprint density at radius 3 is 2.46 bits per heavy atom. The zero-order valence-electron chi connectivity index (χ0n) is 14.2. The number of nitrogens with zero attached hydrogens (tertiary/aromatic N) is 1. The van der Waals surface area contributed by atoms with Gasteiger partial charge in [-0.1, -0.05) is 47.5 Å². The van der Waals surface area contributed by atoms with E-state index in [0.29, 0.717) is 16.7 Å². The van der Waals surface area contributed by atoms with Gasteiger partial charge in [-0.05, 0) is 66.1 Å². The predicted molar refractivity (Wildman–Crippen MR) is 110 cm³/mol. The second kappa shape index (κ2) is 8.75. The van der Waals surface area contributed by atoms with E-state index >= 15 is 0 Å². The number of hydrogen-bond donors (Lipinski definition) is 1.